The van der Waals surface area contributed by atoms with Gasteiger partial charge in [0.25, 0.3) is 0 Å². The van der Waals surface area contributed by atoms with Crippen molar-refractivity contribution in [1.82, 2.24) is 0 Å². The number of anilines is 1. The number of methoxy groups -OCH3 is 1. The zero-order valence-corrected chi connectivity index (χ0v) is 7.79. The highest BCUT2D eigenvalue weighted by Gasteiger charge is 2.20. The van der Waals surface area contributed by atoms with E-state index in [0.29, 0.717) is 6.54 Å². The van der Waals surface area contributed by atoms with Crippen LogP contribution in [0.1, 0.15) is 0 Å². The van der Waals surface area contributed by atoms with E-state index in [2.05, 4.69) is 10.3 Å². The van der Waals surface area contributed by atoms with Crippen LogP contribution in [0.5, 0.6) is 5.75 Å². The van der Waals surface area contributed by atoms with Gasteiger partial charge in [0.05, 0.1) is 12.8 Å². The van der Waals surface area contributed by atoms with Crippen LogP contribution in [0.4, 0.5) is 5.69 Å². The molecule has 1 aliphatic rings. The summed E-state index contributed by atoms with van der Waals surface area (Å²) in [5, 5.41) is 18.5. The van der Waals surface area contributed by atoms with E-state index < -0.39 is 6.23 Å². The fraction of sp³-hybridized carbons (Fsp3) is 0.333. The van der Waals surface area contributed by atoms with Gasteiger partial charge in [0.2, 0.25) is 0 Å². The molecule has 0 saturated heterocycles. The van der Waals surface area contributed by atoms with Crippen LogP contribution in [0, 0.1) is 0 Å². The fourth-order valence-corrected chi connectivity index (χ4v) is 1.29. The molecule has 74 valence electrons. The lowest BCUT2D eigenvalue weighted by Crippen LogP contribution is -2.27. The largest absolute Gasteiger partial charge is 0.497 e. The van der Waals surface area contributed by atoms with E-state index in [1.54, 1.807) is 13.2 Å². The monoisotopic (exact) mass is 193 g/mol. The molecule has 0 unspecified atom stereocenters. The average Bonchev–Trinajstić information content (AvgIpc) is 2.65. The molecule has 14 heavy (non-hydrogen) atoms. The first kappa shape index (κ1) is 8.96. The lowest BCUT2D eigenvalue weighted by Gasteiger charge is -2.17. The number of nitrogens with zero attached hydrogens (tertiary/aromatic N) is 3. The van der Waals surface area contributed by atoms with Crippen LogP contribution in [0.15, 0.2) is 34.6 Å². The number of hydrogen-bond acceptors (Lipinski definition) is 5. The van der Waals surface area contributed by atoms with Crippen LogP contribution in [-0.4, -0.2) is 25.0 Å². The highest BCUT2D eigenvalue weighted by molar-refractivity contribution is 5.50. The van der Waals surface area contributed by atoms with Gasteiger partial charge in [-0.15, -0.1) is 0 Å². The summed E-state index contributed by atoms with van der Waals surface area (Å²) in [6.07, 6.45) is -0.665. The van der Waals surface area contributed by atoms with E-state index in [9.17, 15) is 5.11 Å². The molecule has 1 aromatic rings. The second-order valence-electron chi connectivity index (χ2n) is 2.94. The summed E-state index contributed by atoms with van der Waals surface area (Å²) in [4.78, 5) is 0. The van der Waals surface area contributed by atoms with Crippen molar-refractivity contribution in [2.45, 2.75) is 6.23 Å². The molecule has 0 saturated carbocycles. The maximum atomic E-state index is 9.50. The van der Waals surface area contributed by atoms with Gasteiger partial charge < -0.3 is 9.84 Å². The van der Waals surface area contributed by atoms with Crippen molar-refractivity contribution in [3.63, 3.8) is 0 Å². The van der Waals surface area contributed by atoms with Crippen LogP contribution >= 0.6 is 0 Å². The third kappa shape index (κ3) is 1.54. The minimum absolute atomic E-state index is 0.317. The maximum absolute atomic E-state index is 9.50. The van der Waals surface area contributed by atoms with Crippen molar-refractivity contribution >= 4 is 5.69 Å². The molecule has 2 rings (SSSR count). The van der Waals surface area contributed by atoms with Gasteiger partial charge in [0.15, 0.2) is 6.23 Å². The molecule has 0 radical (unpaired) electrons. The van der Waals surface area contributed by atoms with Gasteiger partial charge in [-0.25, -0.2) is 5.01 Å². The average molecular weight is 193 g/mol. The Morgan fingerprint density at radius 3 is 3.07 bits per heavy atom. The van der Waals surface area contributed by atoms with Crippen molar-refractivity contribution in [3.8, 4) is 5.75 Å². The Bertz CT molecular complexity index is 354. The quantitative estimate of drug-likeness (QED) is 0.767. The summed E-state index contributed by atoms with van der Waals surface area (Å²) in [5.74, 6) is 0.733. The standard InChI is InChI=1S/C9H11N3O2/c1-14-8-4-2-3-7(5-8)12-9(13)6-10-11-12/h2-5,9,13H,6H2,1H3/t9-/m0/s1. The second kappa shape index (κ2) is 3.63. The normalized spacial score (nSPS) is 20.1. The molecule has 1 N–H and O–H groups in total. The van der Waals surface area contributed by atoms with Crippen molar-refractivity contribution in [3.05, 3.63) is 24.3 Å². The summed E-state index contributed by atoms with van der Waals surface area (Å²) >= 11 is 0. The summed E-state index contributed by atoms with van der Waals surface area (Å²) in [5.41, 5.74) is 0.776. The molecular weight excluding hydrogens is 182 g/mol. The van der Waals surface area contributed by atoms with Gasteiger partial charge in [-0.3, -0.25) is 0 Å². The van der Waals surface area contributed by atoms with Gasteiger partial charge in [-0.05, 0) is 12.1 Å². The van der Waals surface area contributed by atoms with Gasteiger partial charge in [0.1, 0.15) is 12.3 Å². The topological polar surface area (TPSA) is 57.4 Å². The maximum Gasteiger partial charge on any atom is 0.170 e. The van der Waals surface area contributed by atoms with Crippen molar-refractivity contribution in [1.29, 1.82) is 0 Å². The number of aliphatic hydroxyl groups excluding tert-OH is 1. The number of ether oxygens (including phenoxy) is 1. The van der Waals surface area contributed by atoms with Crippen LogP contribution in [-0.2, 0) is 0 Å². The first-order valence-electron chi connectivity index (χ1n) is 4.30. The minimum atomic E-state index is -0.665. The highest BCUT2D eigenvalue weighted by Crippen LogP contribution is 2.24. The van der Waals surface area contributed by atoms with E-state index in [-0.39, 0.29) is 0 Å². The molecule has 5 heteroatoms. The Morgan fingerprint density at radius 2 is 2.43 bits per heavy atom. The molecule has 1 atom stereocenters. The second-order valence-corrected chi connectivity index (χ2v) is 2.94. The van der Waals surface area contributed by atoms with E-state index in [1.807, 2.05) is 18.2 Å². The zero-order chi connectivity index (χ0) is 9.97. The zero-order valence-electron chi connectivity index (χ0n) is 7.79. The third-order valence-electron chi connectivity index (χ3n) is 2.00. The molecule has 0 bridgehead atoms. The predicted octanol–water partition coefficient (Wildman–Crippen LogP) is 1.20. The molecule has 0 amide bonds. The highest BCUT2D eigenvalue weighted by atomic mass is 16.5. The molecule has 0 aliphatic carbocycles. The molecule has 1 aromatic carbocycles. The van der Waals surface area contributed by atoms with Crippen LogP contribution in [0.2, 0.25) is 0 Å². The molecule has 1 heterocycles. The van der Waals surface area contributed by atoms with Crippen LogP contribution in [0.3, 0.4) is 0 Å². The minimum Gasteiger partial charge on any atom is -0.497 e. The van der Waals surface area contributed by atoms with E-state index in [4.69, 9.17) is 4.74 Å². The lowest BCUT2D eigenvalue weighted by molar-refractivity contribution is 0.194. The number of benzene rings is 1. The lowest BCUT2D eigenvalue weighted by atomic mass is 10.3. The predicted molar refractivity (Wildman–Crippen MR) is 51.2 cm³/mol. The summed E-state index contributed by atoms with van der Waals surface area (Å²) in [6.45, 7) is 0.317. The number of aliphatic hydroxyl groups is 1. The van der Waals surface area contributed by atoms with Crippen LogP contribution < -0.4 is 9.75 Å². The smallest absolute Gasteiger partial charge is 0.170 e. The van der Waals surface area contributed by atoms with Gasteiger partial charge in [0, 0.05) is 6.07 Å². The van der Waals surface area contributed by atoms with Gasteiger partial charge in [-0.2, -0.15) is 5.11 Å². The molecule has 0 spiro atoms. The Kier molecular flexibility index (Phi) is 2.32. The van der Waals surface area contributed by atoms with Crippen LogP contribution in [0.25, 0.3) is 0 Å². The number of rotatable bonds is 2. The Labute approximate surface area is 81.6 Å². The van der Waals surface area contributed by atoms with Crippen molar-refractivity contribution in [2.24, 2.45) is 10.3 Å². The van der Waals surface area contributed by atoms with Gasteiger partial charge in [-0.1, -0.05) is 11.3 Å². The summed E-state index contributed by atoms with van der Waals surface area (Å²) < 4.78 is 5.07. The van der Waals surface area contributed by atoms with Crippen molar-refractivity contribution in [2.75, 3.05) is 18.7 Å². The summed E-state index contributed by atoms with van der Waals surface area (Å²) in [6, 6.07) is 7.32. The Morgan fingerprint density at radius 1 is 1.57 bits per heavy atom. The van der Waals surface area contributed by atoms with E-state index in [1.165, 1.54) is 5.01 Å². The first-order valence-corrected chi connectivity index (χ1v) is 4.30. The third-order valence-corrected chi connectivity index (χ3v) is 2.00. The molecule has 0 aromatic heterocycles. The molecule has 1 aliphatic heterocycles. The molecule has 0 fully saturated rings. The Hall–Kier alpha value is -1.62. The molecule has 5 nitrogen and oxygen atoms in total. The SMILES string of the molecule is COc1cccc(N2N=NC[C@@H]2O)c1. The van der Waals surface area contributed by atoms with E-state index >= 15 is 0 Å². The van der Waals surface area contributed by atoms with E-state index in [0.717, 1.165) is 11.4 Å². The first-order chi connectivity index (χ1) is 6.81. The summed E-state index contributed by atoms with van der Waals surface area (Å²) in [7, 11) is 1.60. The molecular formula is C9H11N3O2. The van der Waals surface area contributed by atoms with Gasteiger partial charge >= 0.3 is 0 Å². The van der Waals surface area contributed by atoms with Crippen molar-refractivity contribution < 1.29 is 9.84 Å². The fourth-order valence-electron chi connectivity index (χ4n) is 1.29. The number of hydrogen-bond donors (Lipinski definition) is 1. The Balaban J connectivity index is 2.27.